The molecule has 7 nitrogen and oxygen atoms in total. The Morgan fingerprint density at radius 2 is 1.58 bits per heavy atom. The van der Waals surface area contributed by atoms with Crippen molar-refractivity contribution in [2.75, 3.05) is 13.2 Å². The molecule has 0 aliphatic heterocycles. The number of ether oxygens (including phenoxy) is 1. The predicted molar refractivity (Wildman–Crippen MR) is 130 cm³/mol. The van der Waals surface area contributed by atoms with E-state index in [1.54, 1.807) is 30.5 Å². The Hall–Kier alpha value is -2.71. The third-order valence-corrected chi connectivity index (χ3v) is 5.55. The maximum atomic E-state index is 13.0. The Morgan fingerprint density at radius 3 is 2.18 bits per heavy atom. The van der Waals surface area contributed by atoms with E-state index in [0.717, 1.165) is 22.3 Å². The van der Waals surface area contributed by atoms with Crippen LogP contribution in [0.3, 0.4) is 0 Å². The largest absolute Gasteiger partial charge is 0.389 e. The van der Waals surface area contributed by atoms with Crippen LogP contribution in [-0.4, -0.2) is 43.8 Å². The number of rotatable bonds is 8. The van der Waals surface area contributed by atoms with Crippen molar-refractivity contribution in [1.82, 2.24) is 19.4 Å². The van der Waals surface area contributed by atoms with E-state index >= 15 is 0 Å². The third kappa shape index (κ3) is 5.28. The molecule has 1 N–H and O–H groups in total. The van der Waals surface area contributed by atoms with Gasteiger partial charge < -0.3 is 9.84 Å². The van der Waals surface area contributed by atoms with Gasteiger partial charge in [0.15, 0.2) is 5.65 Å². The van der Waals surface area contributed by atoms with Gasteiger partial charge in [-0.15, -0.1) is 5.10 Å². The van der Waals surface area contributed by atoms with Gasteiger partial charge in [0.1, 0.15) is 0 Å². The monoisotopic (exact) mass is 486 g/mol. The molecule has 0 spiro atoms. The third-order valence-electron chi connectivity index (χ3n) is 5.05. The van der Waals surface area contributed by atoms with Crippen LogP contribution in [0.25, 0.3) is 27.9 Å². The second-order valence-corrected chi connectivity index (χ2v) is 9.11. The van der Waals surface area contributed by atoms with Crippen LogP contribution in [0.2, 0.25) is 10.0 Å². The summed E-state index contributed by atoms with van der Waals surface area (Å²) in [6.45, 7) is 4.70. The first kappa shape index (κ1) is 23.4. The summed E-state index contributed by atoms with van der Waals surface area (Å²) in [4.78, 5) is 13.0. The Kier molecular flexibility index (Phi) is 7.14. The van der Waals surface area contributed by atoms with Crippen LogP contribution in [0, 0.1) is 5.92 Å². The predicted octanol–water partition coefficient (Wildman–Crippen LogP) is 4.57. The molecule has 1 atom stereocenters. The van der Waals surface area contributed by atoms with Gasteiger partial charge in [0, 0.05) is 27.8 Å². The summed E-state index contributed by atoms with van der Waals surface area (Å²) in [6, 6.07) is 14.7. The van der Waals surface area contributed by atoms with E-state index in [4.69, 9.17) is 27.9 Å². The van der Waals surface area contributed by atoms with Crippen LogP contribution in [0.5, 0.6) is 0 Å². The van der Waals surface area contributed by atoms with E-state index < -0.39 is 11.8 Å². The van der Waals surface area contributed by atoms with E-state index in [1.807, 2.05) is 38.1 Å². The SMILES string of the molecule is CC(C)COCC(O)Cn1nc2c(-c3ccc(Cl)cc3)c(-c3ccc(Cl)cc3)cnn2c1=O. The fourth-order valence-corrected chi connectivity index (χ4v) is 3.77. The normalized spacial score (nSPS) is 12.5. The Morgan fingerprint density at radius 1 is 0.970 bits per heavy atom. The van der Waals surface area contributed by atoms with Crippen LogP contribution < -0.4 is 5.69 Å². The number of aliphatic hydroxyl groups excluding tert-OH is 1. The number of halogens is 2. The van der Waals surface area contributed by atoms with Gasteiger partial charge in [0.05, 0.1) is 25.5 Å². The Balaban J connectivity index is 1.80. The van der Waals surface area contributed by atoms with Gasteiger partial charge in [-0.25, -0.2) is 9.48 Å². The minimum absolute atomic E-state index is 0.00335. The lowest BCUT2D eigenvalue weighted by atomic mass is 9.97. The van der Waals surface area contributed by atoms with Gasteiger partial charge in [-0.2, -0.15) is 9.61 Å². The second kappa shape index (κ2) is 10.1. The minimum Gasteiger partial charge on any atom is -0.389 e. The standard InChI is InChI=1S/C24H24Cl2N4O3/c1-15(2)13-33-14-20(31)12-29-24(32)30-23(28-29)22(17-5-9-19(26)10-6-17)21(11-27-30)16-3-7-18(25)8-4-16/h3-11,15,20,31H,12-14H2,1-2H3. The first-order valence-electron chi connectivity index (χ1n) is 10.6. The zero-order valence-corrected chi connectivity index (χ0v) is 19.8. The lowest BCUT2D eigenvalue weighted by Crippen LogP contribution is -2.30. The van der Waals surface area contributed by atoms with Crippen molar-refractivity contribution in [2.24, 2.45) is 5.92 Å². The quantitative estimate of drug-likeness (QED) is 0.394. The highest BCUT2D eigenvalue weighted by Gasteiger charge is 2.20. The van der Waals surface area contributed by atoms with Crippen molar-refractivity contribution in [3.05, 3.63) is 75.3 Å². The van der Waals surface area contributed by atoms with Crippen molar-refractivity contribution in [3.63, 3.8) is 0 Å². The van der Waals surface area contributed by atoms with Crippen molar-refractivity contribution >= 4 is 28.8 Å². The maximum absolute atomic E-state index is 13.0. The summed E-state index contributed by atoms with van der Waals surface area (Å²) in [5.41, 5.74) is 3.17. The van der Waals surface area contributed by atoms with Crippen molar-refractivity contribution in [3.8, 4) is 22.3 Å². The molecule has 0 fully saturated rings. The molecule has 0 bridgehead atoms. The topological polar surface area (TPSA) is 81.7 Å². The van der Waals surface area contributed by atoms with Crippen LogP contribution in [-0.2, 0) is 11.3 Å². The molecule has 4 rings (SSSR count). The van der Waals surface area contributed by atoms with Gasteiger partial charge in [-0.05, 0) is 41.3 Å². The number of aliphatic hydroxyl groups is 1. The maximum Gasteiger partial charge on any atom is 0.367 e. The highest BCUT2D eigenvalue weighted by Crippen LogP contribution is 2.34. The van der Waals surface area contributed by atoms with Gasteiger partial charge in [-0.1, -0.05) is 61.3 Å². The van der Waals surface area contributed by atoms with Gasteiger partial charge >= 0.3 is 5.69 Å². The molecule has 0 saturated carbocycles. The average Bonchev–Trinajstić information content (AvgIpc) is 3.09. The van der Waals surface area contributed by atoms with Crippen LogP contribution in [0.1, 0.15) is 13.8 Å². The highest BCUT2D eigenvalue weighted by atomic mass is 35.5. The fourth-order valence-electron chi connectivity index (χ4n) is 3.52. The number of hydrogen-bond donors (Lipinski definition) is 1. The zero-order chi connectivity index (χ0) is 23.5. The number of aromatic nitrogens is 4. The van der Waals surface area contributed by atoms with Crippen LogP contribution in [0.15, 0.2) is 59.5 Å². The molecule has 33 heavy (non-hydrogen) atoms. The van der Waals surface area contributed by atoms with Gasteiger partial charge in [0.25, 0.3) is 0 Å². The van der Waals surface area contributed by atoms with E-state index in [-0.39, 0.29) is 13.2 Å². The first-order chi connectivity index (χ1) is 15.8. The molecule has 0 aliphatic carbocycles. The molecule has 172 valence electrons. The summed E-state index contributed by atoms with van der Waals surface area (Å²) >= 11 is 12.2. The molecule has 0 aliphatic rings. The van der Waals surface area contributed by atoms with Crippen molar-refractivity contribution in [1.29, 1.82) is 0 Å². The summed E-state index contributed by atoms with van der Waals surface area (Å²) in [5, 5.41) is 20.5. The number of hydrogen-bond acceptors (Lipinski definition) is 5. The first-order valence-corrected chi connectivity index (χ1v) is 11.4. The molecule has 4 aromatic rings. The molecule has 2 aromatic heterocycles. The Labute approximate surface area is 201 Å². The number of fused-ring (bicyclic) bond motifs is 1. The summed E-state index contributed by atoms with van der Waals surface area (Å²) in [5.74, 6) is 0.354. The molecule has 9 heteroatoms. The van der Waals surface area contributed by atoms with E-state index in [9.17, 15) is 9.90 Å². The summed E-state index contributed by atoms with van der Waals surface area (Å²) in [7, 11) is 0. The van der Waals surface area contributed by atoms with Crippen molar-refractivity contribution < 1.29 is 9.84 Å². The number of benzene rings is 2. The molecule has 2 aromatic carbocycles. The van der Waals surface area contributed by atoms with E-state index in [2.05, 4.69) is 10.2 Å². The lowest BCUT2D eigenvalue weighted by molar-refractivity contribution is 0.0160. The summed E-state index contributed by atoms with van der Waals surface area (Å²) in [6.07, 6.45) is 0.761. The molecular weight excluding hydrogens is 463 g/mol. The highest BCUT2D eigenvalue weighted by molar-refractivity contribution is 6.31. The molecule has 1 unspecified atom stereocenters. The lowest BCUT2D eigenvalue weighted by Gasteiger charge is -2.12. The molecule has 0 radical (unpaired) electrons. The van der Waals surface area contributed by atoms with Gasteiger partial charge in [0.2, 0.25) is 0 Å². The summed E-state index contributed by atoms with van der Waals surface area (Å²) < 4.78 is 7.96. The van der Waals surface area contributed by atoms with E-state index in [0.29, 0.717) is 28.2 Å². The van der Waals surface area contributed by atoms with Crippen LogP contribution >= 0.6 is 23.2 Å². The number of nitrogens with zero attached hydrogens (tertiary/aromatic N) is 4. The molecular formula is C24H24Cl2N4O3. The second-order valence-electron chi connectivity index (χ2n) is 8.23. The van der Waals surface area contributed by atoms with Crippen LogP contribution in [0.4, 0.5) is 0 Å². The average molecular weight is 487 g/mol. The molecule has 0 saturated heterocycles. The van der Waals surface area contributed by atoms with Gasteiger partial charge in [-0.3, -0.25) is 0 Å². The Bertz CT molecular complexity index is 1300. The fraction of sp³-hybridized carbons (Fsp3) is 0.292. The minimum atomic E-state index is -0.874. The van der Waals surface area contributed by atoms with Crippen molar-refractivity contribution in [2.45, 2.75) is 26.5 Å². The van der Waals surface area contributed by atoms with E-state index in [1.165, 1.54) is 9.20 Å². The smallest absolute Gasteiger partial charge is 0.367 e. The molecule has 0 amide bonds. The molecule has 2 heterocycles. The zero-order valence-electron chi connectivity index (χ0n) is 18.3.